The van der Waals surface area contributed by atoms with Crippen LogP contribution in [0.2, 0.25) is 0 Å². The number of hydrogen-bond acceptors (Lipinski definition) is 3. The van der Waals surface area contributed by atoms with E-state index in [9.17, 15) is 8.78 Å². The summed E-state index contributed by atoms with van der Waals surface area (Å²) in [6, 6.07) is 9.19. The number of benzene rings is 2. The molecule has 0 fully saturated rings. The summed E-state index contributed by atoms with van der Waals surface area (Å²) in [4.78, 5) is 1.33. The highest BCUT2D eigenvalue weighted by Crippen LogP contribution is 2.35. The molecule has 0 radical (unpaired) electrons. The van der Waals surface area contributed by atoms with Crippen LogP contribution in [-0.2, 0) is 0 Å². The minimum Gasteiger partial charge on any atom is -0.495 e. The fourth-order valence-corrected chi connectivity index (χ4v) is 2.17. The first-order chi connectivity index (χ1) is 9.95. The summed E-state index contributed by atoms with van der Waals surface area (Å²) >= 11 is 4.73. The molecule has 0 aliphatic rings. The topological polar surface area (TPSA) is 38.5 Å². The molecule has 0 spiro atoms. The second-order valence-corrected chi connectivity index (χ2v) is 4.82. The zero-order chi connectivity index (χ0) is 15.6. The van der Waals surface area contributed by atoms with Crippen LogP contribution in [0.1, 0.15) is 5.56 Å². The van der Waals surface area contributed by atoms with Crippen LogP contribution >= 0.6 is 12.2 Å². The third kappa shape index (κ3) is 2.95. The van der Waals surface area contributed by atoms with Crippen LogP contribution in [0, 0.1) is 11.6 Å². The van der Waals surface area contributed by atoms with Crippen molar-refractivity contribution in [1.82, 2.24) is 0 Å². The Kier molecular flexibility index (Phi) is 4.37. The summed E-state index contributed by atoms with van der Waals surface area (Å²) in [5.74, 6) is -0.977. The average molecular weight is 308 g/mol. The van der Waals surface area contributed by atoms with Gasteiger partial charge in [0, 0.05) is 12.6 Å². The highest BCUT2D eigenvalue weighted by atomic mass is 32.1. The van der Waals surface area contributed by atoms with Gasteiger partial charge in [-0.1, -0.05) is 24.4 Å². The van der Waals surface area contributed by atoms with Gasteiger partial charge < -0.3 is 15.4 Å². The molecule has 0 saturated carbocycles. The summed E-state index contributed by atoms with van der Waals surface area (Å²) in [5.41, 5.74) is 5.90. The predicted octanol–water partition coefficient (Wildman–Crippen LogP) is 3.38. The van der Waals surface area contributed by atoms with Crippen molar-refractivity contribution in [1.29, 1.82) is 0 Å². The summed E-state index contributed by atoms with van der Waals surface area (Å²) in [7, 11) is 3.05. The molecule has 21 heavy (non-hydrogen) atoms. The molecule has 0 heterocycles. The molecule has 2 aromatic carbocycles. The number of para-hydroxylation sites is 2. The van der Waals surface area contributed by atoms with E-state index >= 15 is 0 Å². The van der Waals surface area contributed by atoms with Gasteiger partial charge in [0.05, 0.1) is 12.8 Å². The van der Waals surface area contributed by atoms with Gasteiger partial charge in [-0.05, 0) is 24.3 Å². The molecule has 0 amide bonds. The fraction of sp³-hybridized carbons (Fsp3) is 0.133. The van der Waals surface area contributed by atoms with E-state index in [0.29, 0.717) is 11.4 Å². The van der Waals surface area contributed by atoms with Gasteiger partial charge in [-0.2, -0.15) is 0 Å². The number of nitrogens with zero attached hydrogens (tertiary/aromatic N) is 1. The quantitative estimate of drug-likeness (QED) is 0.879. The van der Waals surface area contributed by atoms with Gasteiger partial charge in [-0.25, -0.2) is 8.78 Å². The van der Waals surface area contributed by atoms with Gasteiger partial charge in [0.2, 0.25) is 0 Å². The molecule has 6 heteroatoms. The van der Waals surface area contributed by atoms with Crippen molar-refractivity contribution < 1.29 is 13.5 Å². The molecule has 0 atom stereocenters. The second-order valence-electron chi connectivity index (χ2n) is 4.38. The van der Waals surface area contributed by atoms with Crippen LogP contribution in [0.25, 0.3) is 0 Å². The van der Waals surface area contributed by atoms with E-state index in [1.54, 1.807) is 31.3 Å². The Morgan fingerprint density at radius 1 is 1.19 bits per heavy atom. The number of ether oxygens (including phenoxy) is 1. The predicted molar refractivity (Wildman–Crippen MR) is 83.3 cm³/mol. The normalized spacial score (nSPS) is 10.3. The van der Waals surface area contributed by atoms with Crippen molar-refractivity contribution in [2.24, 2.45) is 5.73 Å². The lowest BCUT2D eigenvalue weighted by atomic mass is 10.1. The minimum absolute atomic E-state index is 0.0562. The number of halogens is 2. The molecule has 2 rings (SSSR count). The number of rotatable bonds is 4. The number of anilines is 2. The zero-order valence-corrected chi connectivity index (χ0v) is 12.4. The van der Waals surface area contributed by atoms with Gasteiger partial charge in [0.15, 0.2) is 11.6 Å². The van der Waals surface area contributed by atoms with Crippen LogP contribution < -0.4 is 15.4 Å². The maximum absolute atomic E-state index is 14.2. The molecular formula is C15H14F2N2OS. The largest absolute Gasteiger partial charge is 0.495 e. The van der Waals surface area contributed by atoms with Gasteiger partial charge in [0.25, 0.3) is 0 Å². The molecular weight excluding hydrogens is 294 g/mol. The monoisotopic (exact) mass is 308 g/mol. The zero-order valence-electron chi connectivity index (χ0n) is 11.6. The Morgan fingerprint density at radius 2 is 1.76 bits per heavy atom. The first-order valence-corrected chi connectivity index (χ1v) is 6.52. The summed E-state index contributed by atoms with van der Waals surface area (Å²) < 4.78 is 33.6. The molecule has 2 aromatic rings. The Morgan fingerprint density at radius 3 is 2.29 bits per heavy atom. The molecule has 0 unspecified atom stereocenters. The first-order valence-electron chi connectivity index (χ1n) is 6.11. The Hall–Kier alpha value is -2.21. The maximum atomic E-state index is 14.2. The van der Waals surface area contributed by atoms with Crippen molar-refractivity contribution in [2.45, 2.75) is 0 Å². The molecule has 0 bridgehead atoms. The smallest absolute Gasteiger partial charge is 0.150 e. The average Bonchev–Trinajstić information content (AvgIpc) is 2.46. The standard InChI is InChI=1S/C15H14F2N2OS/c1-19(12-5-3-4-6-13(12)20-2)14-10(16)7-9(15(18)21)8-11(14)17/h3-8H,1-2H3,(H2,18,21). The highest BCUT2D eigenvalue weighted by molar-refractivity contribution is 7.80. The fourth-order valence-electron chi connectivity index (χ4n) is 2.06. The Balaban J connectivity index is 2.53. The SMILES string of the molecule is COc1ccccc1N(C)c1c(F)cc(C(N)=S)cc1F. The molecule has 0 aromatic heterocycles. The van der Waals surface area contributed by atoms with Gasteiger partial charge in [-0.15, -0.1) is 0 Å². The molecule has 110 valence electrons. The van der Waals surface area contributed by atoms with Crippen molar-refractivity contribution in [2.75, 3.05) is 19.1 Å². The lowest BCUT2D eigenvalue weighted by Crippen LogP contribution is -2.16. The number of nitrogens with two attached hydrogens (primary N) is 1. The van der Waals surface area contributed by atoms with Gasteiger partial charge in [0.1, 0.15) is 16.4 Å². The van der Waals surface area contributed by atoms with E-state index < -0.39 is 11.6 Å². The van der Waals surface area contributed by atoms with Crippen LogP contribution in [-0.4, -0.2) is 19.1 Å². The molecule has 0 aliphatic heterocycles. The number of thiocarbonyl (C=S) groups is 1. The number of methoxy groups -OCH3 is 1. The molecule has 0 saturated heterocycles. The summed E-state index contributed by atoms with van der Waals surface area (Å²) in [6.07, 6.45) is 0. The van der Waals surface area contributed by atoms with Crippen molar-refractivity contribution in [3.05, 3.63) is 53.6 Å². The van der Waals surface area contributed by atoms with Crippen LogP contribution in [0.4, 0.5) is 20.2 Å². The van der Waals surface area contributed by atoms with E-state index in [2.05, 4.69) is 0 Å². The highest BCUT2D eigenvalue weighted by Gasteiger charge is 2.19. The van der Waals surface area contributed by atoms with E-state index in [0.717, 1.165) is 12.1 Å². The molecule has 3 nitrogen and oxygen atoms in total. The van der Waals surface area contributed by atoms with Crippen molar-refractivity contribution >= 4 is 28.6 Å². The van der Waals surface area contributed by atoms with E-state index in [-0.39, 0.29) is 16.2 Å². The summed E-state index contributed by atoms with van der Waals surface area (Å²) in [6.45, 7) is 0. The number of hydrogen-bond donors (Lipinski definition) is 1. The van der Waals surface area contributed by atoms with Crippen LogP contribution in [0.5, 0.6) is 5.75 Å². The first kappa shape index (κ1) is 15.2. The Bertz CT molecular complexity index is 668. The maximum Gasteiger partial charge on any atom is 0.150 e. The minimum atomic E-state index is -0.744. The van der Waals surface area contributed by atoms with Crippen molar-refractivity contribution in [3.63, 3.8) is 0 Å². The van der Waals surface area contributed by atoms with Crippen molar-refractivity contribution in [3.8, 4) is 5.75 Å². The van der Waals surface area contributed by atoms with Crippen LogP contribution in [0.15, 0.2) is 36.4 Å². The lowest BCUT2D eigenvalue weighted by molar-refractivity contribution is 0.415. The van der Waals surface area contributed by atoms with Gasteiger partial charge >= 0.3 is 0 Å². The lowest BCUT2D eigenvalue weighted by Gasteiger charge is -2.23. The van der Waals surface area contributed by atoms with E-state index in [1.807, 2.05) is 0 Å². The third-order valence-corrected chi connectivity index (χ3v) is 3.32. The Labute approximate surface area is 126 Å². The second kappa shape index (κ2) is 6.05. The van der Waals surface area contributed by atoms with E-state index in [4.69, 9.17) is 22.7 Å². The molecule has 2 N–H and O–H groups in total. The summed E-state index contributed by atoms with van der Waals surface area (Å²) in [5, 5.41) is 0. The van der Waals surface area contributed by atoms with E-state index in [1.165, 1.54) is 12.0 Å². The third-order valence-electron chi connectivity index (χ3n) is 3.08. The van der Waals surface area contributed by atoms with Crippen LogP contribution in [0.3, 0.4) is 0 Å². The van der Waals surface area contributed by atoms with Gasteiger partial charge in [-0.3, -0.25) is 0 Å². The molecule has 0 aliphatic carbocycles.